The highest BCUT2D eigenvalue weighted by Crippen LogP contribution is 2.35. The number of ether oxygens (including phenoxy) is 1. The minimum atomic E-state index is -1.34. The van der Waals surface area contributed by atoms with Gasteiger partial charge in [-0.25, -0.2) is 4.79 Å². The maximum atomic E-state index is 11.6. The predicted octanol–water partition coefficient (Wildman–Crippen LogP) is -2.17. The quantitative estimate of drug-likeness (QED) is 0.474. The summed E-state index contributed by atoms with van der Waals surface area (Å²) in [5, 5.41) is 28.8. The fourth-order valence-corrected chi connectivity index (χ4v) is 1.90. The van der Waals surface area contributed by atoms with Crippen molar-refractivity contribution in [2.24, 2.45) is 0 Å². The number of rotatable bonds is 2. The van der Waals surface area contributed by atoms with E-state index in [2.05, 4.69) is 4.98 Å². The first-order valence-corrected chi connectivity index (χ1v) is 5.38. The van der Waals surface area contributed by atoms with Crippen LogP contribution < -0.4 is 11.4 Å². The van der Waals surface area contributed by atoms with Crippen molar-refractivity contribution in [2.75, 3.05) is 12.3 Å². The highest BCUT2D eigenvalue weighted by molar-refractivity contribution is 5.23. The third-order valence-corrected chi connectivity index (χ3v) is 3.07. The van der Waals surface area contributed by atoms with Gasteiger partial charge < -0.3 is 25.8 Å². The molecule has 8 heteroatoms. The Labute approximate surface area is 102 Å². The second-order valence-electron chi connectivity index (χ2n) is 4.46. The second-order valence-corrected chi connectivity index (χ2v) is 4.46. The minimum Gasteiger partial charge on any atom is -0.393 e. The minimum absolute atomic E-state index is 0.0502. The van der Waals surface area contributed by atoms with Crippen LogP contribution >= 0.6 is 0 Å². The Kier molecular flexibility index (Phi) is 3.11. The van der Waals surface area contributed by atoms with Crippen LogP contribution in [0.5, 0.6) is 0 Å². The number of aliphatic hydroxyl groups excluding tert-OH is 3. The number of nitrogen functional groups attached to an aromatic ring is 1. The van der Waals surface area contributed by atoms with Crippen LogP contribution in [-0.4, -0.2) is 49.3 Å². The SMILES string of the molecule is C[C@]1(CO)O[C@@H](n2ccc(N)nc2=O)C(O)[C@H]1O. The molecule has 0 amide bonds. The molecule has 1 aromatic rings. The Morgan fingerprint density at radius 2 is 2.28 bits per heavy atom. The topological polar surface area (TPSA) is 131 Å². The number of nitrogens with two attached hydrogens (primary N) is 1. The van der Waals surface area contributed by atoms with Crippen LogP contribution in [0.15, 0.2) is 17.1 Å². The van der Waals surface area contributed by atoms with E-state index in [0.717, 1.165) is 4.57 Å². The van der Waals surface area contributed by atoms with Gasteiger partial charge in [0.2, 0.25) is 0 Å². The van der Waals surface area contributed by atoms with Gasteiger partial charge in [-0.3, -0.25) is 4.57 Å². The predicted molar refractivity (Wildman–Crippen MR) is 60.5 cm³/mol. The van der Waals surface area contributed by atoms with Gasteiger partial charge in [0.15, 0.2) is 6.23 Å². The van der Waals surface area contributed by atoms with Crippen LogP contribution in [0.25, 0.3) is 0 Å². The molecule has 1 fully saturated rings. The van der Waals surface area contributed by atoms with Gasteiger partial charge in [-0.05, 0) is 13.0 Å². The Morgan fingerprint density at radius 1 is 1.61 bits per heavy atom. The van der Waals surface area contributed by atoms with E-state index in [9.17, 15) is 20.1 Å². The van der Waals surface area contributed by atoms with Crippen LogP contribution in [0.1, 0.15) is 13.2 Å². The van der Waals surface area contributed by atoms with Crippen LogP contribution in [0.4, 0.5) is 5.82 Å². The van der Waals surface area contributed by atoms with Gasteiger partial charge in [0, 0.05) is 6.20 Å². The van der Waals surface area contributed by atoms with E-state index < -0.39 is 36.3 Å². The van der Waals surface area contributed by atoms with Gasteiger partial charge in [0.05, 0.1) is 6.61 Å². The second kappa shape index (κ2) is 4.32. The maximum absolute atomic E-state index is 11.6. The molecule has 1 unspecified atom stereocenters. The number of hydrogen-bond donors (Lipinski definition) is 4. The Morgan fingerprint density at radius 3 is 2.78 bits per heavy atom. The maximum Gasteiger partial charge on any atom is 0.351 e. The fraction of sp³-hybridized carbons (Fsp3) is 0.600. The zero-order chi connectivity index (χ0) is 13.5. The lowest BCUT2D eigenvalue weighted by molar-refractivity contribution is -0.117. The molecule has 2 heterocycles. The lowest BCUT2D eigenvalue weighted by atomic mass is 9.99. The van der Waals surface area contributed by atoms with Gasteiger partial charge in [-0.1, -0.05) is 0 Å². The van der Waals surface area contributed by atoms with Crippen molar-refractivity contribution in [2.45, 2.75) is 31.0 Å². The molecule has 1 aliphatic heterocycles. The molecule has 0 aliphatic carbocycles. The molecule has 0 spiro atoms. The smallest absolute Gasteiger partial charge is 0.351 e. The largest absolute Gasteiger partial charge is 0.393 e. The summed E-state index contributed by atoms with van der Waals surface area (Å²) < 4.78 is 6.38. The van der Waals surface area contributed by atoms with E-state index >= 15 is 0 Å². The van der Waals surface area contributed by atoms with Crippen molar-refractivity contribution in [3.8, 4) is 0 Å². The summed E-state index contributed by atoms with van der Waals surface area (Å²) in [7, 11) is 0. The van der Waals surface area contributed by atoms with Crippen molar-refractivity contribution in [1.82, 2.24) is 9.55 Å². The van der Waals surface area contributed by atoms with Gasteiger partial charge in [0.1, 0.15) is 23.6 Å². The molecular formula is C10H15N3O5. The molecule has 0 aromatic carbocycles. The van der Waals surface area contributed by atoms with Crippen molar-refractivity contribution < 1.29 is 20.1 Å². The van der Waals surface area contributed by atoms with E-state index in [1.165, 1.54) is 19.2 Å². The standard InChI is InChI=1S/C10H15N3O5/c1-10(4-14)7(16)6(15)8(18-10)13-3-2-5(11)12-9(13)17/h2-3,6-8,14-16H,4H2,1H3,(H2,11,12,17)/t6?,7-,8-,10-/m1/s1. The first-order chi connectivity index (χ1) is 8.39. The summed E-state index contributed by atoms with van der Waals surface area (Å²) in [5.74, 6) is 0.0502. The van der Waals surface area contributed by atoms with Crippen molar-refractivity contribution in [1.29, 1.82) is 0 Å². The molecule has 1 saturated heterocycles. The molecule has 100 valence electrons. The summed E-state index contributed by atoms with van der Waals surface area (Å²) in [6, 6.07) is 1.37. The number of anilines is 1. The summed E-state index contributed by atoms with van der Waals surface area (Å²) >= 11 is 0. The number of aliphatic hydroxyl groups is 3. The zero-order valence-electron chi connectivity index (χ0n) is 9.72. The molecule has 2 rings (SSSR count). The average molecular weight is 257 g/mol. The molecule has 18 heavy (non-hydrogen) atoms. The van der Waals surface area contributed by atoms with Crippen molar-refractivity contribution >= 4 is 5.82 Å². The number of nitrogens with zero attached hydrogens (tertiary/aromatic N) is 2. The lowest BCUT2D eigenvalue weighted by Gasteiger charge is -2.24. The molecule has 4 atom stereocenters. The highest BCUT2D eigenvalue weighted by Gasteiger charge is 2.51. The Hall–Kier alpha value is -1.48. The first-order valence-electron chi connectivity index (χ1n) is 5.38. The van der Waals surface area contributed by atoms with Gasteiger partial charge in [0.25, 0.3) is 0 Å². The number of aromatic nitrogens is 2. The zero-order valence-corrected chi connectivity index (χ0v) is 9.72. The van der Waals surface area contributed by atoms with Crippen LogP contribution in [0, 0.1) is 0 Å². The third-order valence-electron chi connectivity index (χ3n) is 3.07. The van der Waals surface area contributed by atoms with E-state index in [1.807, 2.05) is 0 Å². The van der Waals surface area contributed by atoms with Gasteiger partial charge in [-0.2, -0.15) is 4.98 Å². The Balaban J connectivity index is 2.38. The molecule has 0 saturated carbocycles. The fourth-order valence-electron chi connectivity index (χ4n) is 1.90. The number of hydrogen-bond acceptors (Lipinski definition) is 7. The van der Waals surface area contributed by atoms with E-state index in [4.69, 9.17) is 10.5 Å². The van der Waals surface area contributed by atoms with Crippen LogP contribution in [0.3, 0.4) is 0 Å². The summed E-state index contributed by atoms with van der Waals surface area (Å²) in [6.07, 6.45) is -2.45. The summed E-state index contributed by atoms with van der Waals surface area (Å²) in [5.41, 5.74) is 3.32. The lowest BCUT2D eigenvalue weighted by Crippen LogP contribution is -2.43. The summed E-state index contributed by atoms with van der Waals surface area (Å²) in [6.45, 7) is 0.954. The van der Waals surface area contributed by atoms with E-state index in [0.29, 0.717) is 0 Å². The van der Waals surface area contributed by atoms with Crippen LogP contribution in [-0.2, 0) is 4.74 Å². The monoisotopic (exact) mass is 257 g/mol. The molecular weight excluding hydrogens is 242 g/mol. The van der Waals surface area contributed by atoms with Crippen molar-refractivity contribution in [3.63, 3.8) is 0 Å². The average Bonchev–Trinajstić information content (AvgIpc) is 2.55. The van der Waals surface area contributed by atoms with Crippen LogP contribution in [0.2, 0.25) is 0 Å². The molecule has 1 aromatic heterocycles. The van der Waals surface area contributed by atoms with Gasteiger partial charge in [-0.15, -0.1) is 0 Å². The normalized spacial score (nSPS) is 35.9. The molecule has 5 N–H and O–H groups in total. The molecule has 8 nitrogen and oxygen atoms in total. The van der Waals surface area contributed by atoms with E-state index in [-0.39, 0.29) is 5.82 Å². The summed E-state index contributed by atoms with van der Waals surface area (Å²) in [4.78, 5) is 15.1. The van der Waals surface area contributed by atoms with E-state index in [1.54, 1.807) is 0 Å². The third kappa shape index (κ3) is 1.89. The molecule has 0 radical (unpaired) electrons. The highest BCUT2D eigenvalue weighted by atomic mass is 16.6. The first kappa shape index (κ1) is 13.0. The molecule has 1 aliphatic rings. The molecule has 0 bridgehead atoms. The van der Waals surface area contributed by atoms with Crippen molar-refractivity contribution in [3.05, 3.63) is 22.7 Å². The van der Waals surface area contributed by atoms with Gasteiger partial charge >= 0.3 is 5.69 Å². The Bertz CT molecular complexity index is 505.